The van der Waals surface area contributed by atoms with Gasteiger partial charge < -0.3 is 9.64 Å². The maximum atomic E-state index is 12.4. The Morgan fingerprint density at radius 2 is 2.21 bits per heavy atom. The van der Waals surface area contributed by atoms with Gasteiger partial charge in [0.25, 0.3) is 5.91 Å². The molecule has 3 rings (SSSR count). The van der Waals surface area contributed by atoms with Gasteiger partial charge in [0.15, 0.2) is 0 Å². The van der Waals surface area contributed by atoms with Crippen LogP contribution in [0.25, 0.3) is 0 Å². The second-order valence-electron chi connectivity index (χ2n) is 4.63. The van der Waals surface area contributed by atoms with Crippen LogP contribution in [0, 0.1) is 0 Å². The first kappa shape index (κ1) is 11.8. The third-order valence-electron chi connectivity index (χ3n) is 3.45. The molecular formula is C14H15N3O2. The molecule has 1 aromatic heterocycles. The van der Waals surface area contributed by atoms with Gasteiger partial charge in [-0.25, -0.2) is 0 Å². The molecule has 0 N–H and O–H groups in total. The Labute approximate surface area is 111 Å². The third kappa shape index (κ3) is 1.97. The highest BCUT2D eigenvalue weighted by Crippen LogP contribution is 2.24. The number of benzene rings is 1. The number of rotatable bonds is 2. The van der Waals surface area contributed by atoms with Crippen LogP contribution in [0.1, 0.15) is 21.6 Å². The summed E-state index contributed by atoms with van der Waals surface area (Å²) >= 11 is 0. The van der Waals surface area contributed by atoms with E-state index in [4.69, 9.17) is 4.74 Å². The molecule has 0 unspecified atom stereocenters. The minimum absolute atomic E-state index is 0.0232. The van der Waals surface area contributed by atoms with Crippen LogP contribution in [0.15, 0.2) is 30.5 Å². The van der Waals surface area contributed by atoms with Gasteiger partial charge in [0, 0.05) is 24.7 Å². The predicted octanol–water partition coefficient (Wildman–Crippen LogP) is 1.58. The van der Waals surface area contributed by atoms with E-state index in [1.165, 1.54) is 0 Å². The maximum absolute atomic E-state index is 12.4. The zero-order chi connectivity index (χ0) is 13.4. The first-order chi connectivity index (χ1) is 9.19. The van der Waals surface area contributed by atoms with Crippen molar-refractivity contribution in [2.24, 2.45) is 7.05 Å². The standard InChI is InChI=1S/C14H15N3O2/c1-16-13-9-17(8-11(13)7-15-16)14(18)10-4-3-5-12(6-10)19-2/h3-7H,8-9H2,1-2H3. The van der Waals surface area contributed by atoms with E-state index in [1.54, 1.807) is 13.2 Å². The van der Waals surface area contributed by atoms with Crippen LogP contribution in [0.4, 0.5) is 0 Å². The molecule has 1 aliphatic rings. The number of carbonyl (C=O) groups is 1. The molecular weight excluding hydrogens is 242 g/mol. The quantitative estimate of drug-likeness (QED) is 0.820. The van der Waals surface area contributed by atoms with E-state index in [2.05, 4.69) is 5.10 Å². The largest absolute Gasteiger partial charge is 0.497 e. The fourth-order valence-corrected chi connectivity index (χ4v) is 2.37. The Bertz CT molecular complexity index is 633. The number of fused-ring (bicyclic) bond motifs is 1. The summed E-state index contributed by atoms with van der Waals surface area (Å²) in [5.74, 6) is 0.722. The van der Waals surface area contributed by atoms with Gasteiger partial charge in [-0.15, -0.1) is 0 Å². The summed E-state index contributed by atoms with van der Waals surface area (Å²) in [6.07, 6.45) is 1.83. The zero-order valence-electron chi connectivity index (χ0n) is 11.0. The molecule has 98 valence electrons. The Morgan fingerprint density at radius 1 is 1.37 bits per heavy atom. The second-order valence-corrected chi connectivity index (χ2v) is 4.63. The highest BCUT2D eigenvalue weighted by Gasteiger charge is 2.27. The number of ether oxygens (including phenoxy) is 1. The number of hydrogen-bond acceptors (Lipinski definition) is 3. The van der Waals surface area contributed by atoms with Crippen LogP contribution in [-0.4, -0.2) is 27.7 Å². The SMILES string of the molecule is COc1cccc(C(=O)N2Cc3cnn(C)c3C2)c1. The van der Waals surface area contributed by atoms with Gasteiger partial charge in [-0.1, -0.05) is 6.07 Å². The monoisotopic (exact) mass is 257 g/mol. The van der Waals surface area contributed by atoms with Crippen LogP contribution in [-0.2, 0) is 20.1 Å². The Morgan fingerprint density at radius 3 is 2.95 bits per heavy atom. The Kier molecular flexibility index (Phi) is 2.74. The highest BCUT2D eigenvalue weighted by molar-refractivity contribution is 5.94. The normalized spacial score (nSPS) is 13.5. The summed E-state index contributed by atoms with van der Waals surface area (Å²) in [5.41, 5.74) is 2.88. The smallest absolute Gasteiger partial charge is 0.254 e. The summed E-state index contributed by atoms with van der Waals surface area (Å²) in [4.78, 5) is 14.3. The molecule has 1 aliphatic heterocycles. The van der Waals surface area contributed by atoms with Crippen molar-refractivity contribution in [2.75, 3.05) is 7.11 Å². The van der Waals surface area contributed by atoms with E-state index < -0.39 is 0 Å². The van der Waals surface area contributed by atoms with E-state index in [-0.39, 0.29) is 5.91 Å². The van der Waals surface area contributed by atoms with E-state index in [9.17, 15) is 4.79 Å². The van der Waals surface area contributed by atoms with Crippen LogP contribution >= 0.6 is 0 Å². The van der Waals surface area contributed by atoms with Crippen molar-refractivity contribution in [2.45, 2.75) is 13.1 Å². The molecule has 2 aromatic rings. The van der Waals surface area contributed by atoms with Crippen molar-refractivity contribution in [1.82, 2.24) is 14.7 Å². The van der Waals surface area contributed by atoms with Crippen LogP contribution in [0.2, 0.25) is 0 Å². The molecule has 0 saturated carbocycles. The predicted molar refractivity (Wildman–Crippen MR) is 69.8 cm³/mol. The first-order valence-electron chi connectivity index (χ1n) is 6.12. The fourth-order valence-electron chi connectivity index (χ4n) is 2.37. The van der Waals surface area contributed by atoms with Crippen LogP contribution in [0.5, 0.6) is 5.75 Å². The van der Waals surface area contributed by atoms with Crippen LogP contribution < -0.4 is 4.74 Å². The number of aryl methyl sites for hydroxylation is 1. The van der Waals surface area contributed by atoms with Gasteiger partial charge in [-0.3, -0.25) is 9.48 Å². The van der Waals surface area contributed by atoms with Gasteiger partial charge in [0.05, 0.1) is 25.5 Å². The lowest BCUT2D eigenvalue weighted by molar-refractivity contribution is 0.0748. The zero-order valence-corrected chi connectivity index (χ0v) is 11.0. The lowest BCUT2D eigenvalue weighted by Crippen LogP contribution is -2.26. The molecule has 5 nitrogen and oxygen atoms in total. The van der Waals surface area contributed by atoms with E-state index in [0.717, 1.165) is 11.3 Å². The molecule has 1 amide bonds. The molecule has 0 bridgehead atoms. The molecule has 1 aromatic carbocycles. The summed E-state index contributed by atoms with van der Waals surface area (Å²) < 4.78 is 6.98. The van der Waals surface area contributed by atoms with Gasteiger partial charge in [-0.05, 0) is 18.2 Å². The third-order valence-corrected chi connectivity index (χ3v) is 3.45. The van der Waals surface area contributed by atoms with Gasteiger partial charge in [-0.2, -0.15) is 5.10 Å². The Balaban J connectivity index is 1.82. The maximum Gasteiger partial charge on any atom is 0.254 e. The number of nitrogens with zero attached hydrogens (tertiary/aromatic N) is 3. The van der Waals surface area contributed by atoms with Crippen molar-refractivity contribution in [3.63, 3.8) is 0 Å². The molecule has 0 fully saturated rings. The average Bonchev–Trinajstić information content (AvgIpc) is 3.01. The summed E-state index contributed by atoms with van der Waals surface area (Å²) in [5, 5.41) is 4.19. The van der Waals surface area contributed by atoms with Crippen molar-refractivity contribution < 1.29 is 9.53 Å². The number of amides is 1. The molecule has 0 aliphatic carbocycles. The lowest BCUT2D eigenvalue weighted by Gasteiger charge is -2.16. The summed E-state index contributed by atoms with van der Waals surface area (Å²) in [6.45, 7) is 1.24. The average molecular weight is 257 g/mol. The van der Waals surface area contributed by atoms with Crippen molar-refractivity contribution in [1.29, 1.82) is 0 Å². The van der Waals surface area contributed by atoms with Crippen LogP contribution in [0.3, 0.4) is 0 Å². The van der Waals surface area contributed by atoms with Gasteiger partial charge in [0.2, 0.25) is 0 Å². The van der Waals surface area contributed by atoms with Gasteiger partial charge >= 0.3 is 0 Å². The number of aromatic nitrogens is 2. The molecule has 0 radical (unpaired) electrons. The number of methoxy groups -OCH3 is 1. The minimum atomic E-state index is 0.0232. The molecule has 5 heteroatoms. The minimum Gasteiger partial charge on any atom is -0.497 e. The summed E-state index contributed by atoms with van der Waals surface area (Å²) in [7, 11) is 3.50. The fraction of sp³-hybridized carbons (Fsp3) is 0.286. The molecule has 0 atom stereocenters. The van der Waals surface area contributed by atoms with Crippen molar-refractivity contribution in [3.8, 4) is 5.75 Å². The Hall–Kier alpha value is -2.30. The van der Waals surface area contributed by atoms with Crippen molar-refractivity contribution >= 4 is 5.91 Å². The number of carbonyl (C=O) groups excluding carboxylic acids is 1. The first-order valence-corrected chi connectivity index (χ1v) is 6.12. The van der Waals surface area contributed by atoms with E-state index in [0.29, 0.717) is 24.4 Å². The molecule has 19 heavy (non-hydrogen) atoms. The van der Waals surface area contributed by atoms with E-state index in [1.807, 2.05) is 41.0 Å². The second kappa shape index (κ2) is 4.42. The van der Waals surface area contributed by atoms with Gasteiger partial charge in [0.1, 0.15) is 5.75 Å². The molecule has 0 spiro atoms. The van der Waals surface area contributed by atoms with E-state index >= 15 is 0 Å². The summed E-state index contributed by atoms with van der Waals surface area (Å²) in [6, 6.07) is 7.24. The van der Waals surface area contributed by atoms with Crippen molar-refractivity contribution in [3.05, 3.63) is 47.3 Å². The lowest BCUT2D eigenvalue weighted by atomic mass is 10.2. The number of hydrogen-bond donors (Lipinski definition) is 0. The highest BCUT2D eigenvalue weighted by atomic mass is 16.5. The topological polar surface area (TPSA) is 47.4 Å². The molecule has 0 saturated heterocycles. The molecule has 2 heterocycles.